The van der Waals surface area contributed by atoms with Crippen LogP contribution in [0.5, 0.6) is 0 Å². The highest BCUT2D eigenvalue weighted by atomic mass is 32.2. The Kier molecular flexibility index (Phi) is 5.97. The van der Waals surface area contributed by atoms with Crippen molar-refractivity contribution in [3.05, 3.63) is 29.8 Å². The van der Waals surface area contributed by atoms with E-state index in [1.165, 1.54) is 0 Å². The van der Waals surface area contributed by atoms with Gasteiger partial charge in [-0.2, -0.15) is 4.31 Å². The Hall–Kier alpha value is -0.950. The molecular formula is C16H26N2O3S. The molecule has 2 N–H and O–H groups in total. The van der Waals surface area contributed by atoms with Gasteiger partial charge in [-0.15, -0.1) is 0 Å². The fourth-order valence-electron chi connectivity index (χ4n) is 2.82. The third-order valence-electron chi connectivity index (χ3n) is 4.32. The van der Waals surface area contributed by atoms with Crippen molar-refractivity contribution < 1.29 is 13.2 Å². The molecule has 1 aromatic rings. The molecule has 124 valence electrons. The van der Waals surface area contributed by atoms with Crippen LogP contribution in [0.3, 0.4) is 0 Å². The summed E-state index contributed by atoms with van der Waals surface area (Å²) in [7, 11) is -1.76. The summed E-state index contributed by atoms with van der Waals surface area (Å²) in [6, 6.07) is 7.12. The van der Waals surface area contributed by atoms with Crippen LogP contribution >= 0.6 is 0 Å². The molecule has 0 aromatic heterocycles. The number of rotatable bonds is 6. The monoisotopic (exact) mass is 326 g/mol. The van der Waals surface area contributed by atoms with E-state index in [-0.39, 0.29) is 12.0 Å². The number of hydrogen-bond acceptors (Lipinski definition) is 4. The molecule has 6 heteroatoms. The van der Waals surface area contributed by atoms with E-state index >= 15 is 0 Å². The molecule has 0 aliphatic carbocycles. The van der Waals surface area contributed by atoms with E-state index in [2.05, 4.69) is 0 Å². The van der Waals surface area contributed by atoms with Gasteiger partial charge in [0.1, 0.15) is 0 Å². The molecule has 0 amide bonds. The molecule has 0 spiro atoms. The standard InChI is InChI=1S/C16H26N2O3S/c1-13(17)15-4-3-10-18(12-15)22(19,20)16-7-5-14(6-8-16)9-11-21-2/h5-8,13,15H,3-4,9-12,17H2,1-2H3. The Balaban J connectivity index is 2.12. The van der Waals surface area contributed by atoms with Crippen molar-refractivity contribution in [3.8, 4) is 0 Å². The first-order valence-electron chi connectivity index (χ1n) is 7.78. The summed E-state index contributed by atoms with van der Waals surface area (Å²) >= 11 is 0. The van der Waals surface area contributed by atoms with Crippen LogP contribution in [0.2, 0.25) is 0 Å². The number of sulfonamides is 1. The van der Waals surface area contributed by atoms with Gasteiger partial charge >= 0.3 is 0 Å². The predicted molar refractivity (Wildman–Crippen MR) is 87.2 cm³/mol. The van der Waals surface area contributed by atoms with E-state index < -0.39 is 10.0 Å². The second-order valence-electron chi connectivity index (χ2n) is 6.01. The van der Waals surface area contributed by atoms with E-state index in [4.69, 9.17) is 10.5 Å². The van der Waals surface area contributed by atoms with Gasteiger partial charge in [0.25, 0.3) is 0 Å². The van der Waals surface area contributed by atoms with E-state index in [1.807, 2.05) is 19.1 Å². The van der Waals surface area contributed by atoms with Crippen molar-refractivity contribution in [3.63, 3.8) is 0 Å². The molecule has 22 heavy (non-hydrogen) atoms. The highest BCUT2D eigenvalue weighted by molar-refractivity contribution is 7.89. The number of piperidine rings is 1. The van der Waals surface area contributed by atoms with Crippen molar-refractivity contribution in [2.75, 3.05) is 26.8 Å². The van der Waals surface area contributed by atoms with Crippen molar-refractivity contribution in [1.82, 2.24) is 4.31 Å². The SMILES string of the molecule is COCCc1ccc(S(=O)(=O)N2CCCC(C(C)N)C2)cc1. The second-order valence-corrected chi connectivity index (χ2v) is 7.95. The lowest BCUT2D eigenvalue weighted by Crippen LogP contribution is -2.44. The van der Waals surface area contributed by atoms with Crippen molar-refractivity contribution in [2.24, 2.45) is 11.7 Å². The summed E-state index contributed by atoms with van der Waals surface area (Å²) < 4.78 is 32.1. The van der Waals surface area contributed by atoms with Gasteiger partial charge in [-0.1, -0.05) is 12.1 Å². The first-order valence-corrected chi connectivity index (χ1v) is 9.22. The molecule has 1 fully saturated rings. The molecule has 1 aliphatic heterocycles. The van der Waals surface area contributed by atoms with Crippen LogP contribution in [0.4, 0.5) is 0 Å². The Morgan fingerprint density at radius 3 is 2.64 bits per heavy atom. The number of hydrogen-bond donors (Lipinski definition) is 1. The van der Waals surface area contributed by atoms with Crippen molar-refractivity contribution >= 4 is 10.0 Å². The second kappa shape index (κ2) is 7.55. The number of methoxy groups -OCH3 is 1. The Morgan fingerprint density at radius 2 is 2.05 bits per heavy atom. The summed E-state index contributed by atoms with van der Waals surface area (Å²) in [4.78, 5) is 0.360. The van der Waals surface area contributed by atoms with Crippen LogP contribution in [-0.4, -0.2) is 45.6 Å². The van der Waals surface area contributed by atoms with E-state index in [0.29, 0.717) is 24.6 Å². The largest absolute Gasteiger partial charge is 0.384 e. The van der Waals surface area contributed by atoms with Crippen molar-refractivity contribution in [1.29, 1.82) is 0 Å². The van der Waals surface area contributed by atoms with E-state index in [1.54, 1.807) is 23.5 Å². The highest BCUT2D eigenvalue weighted by Gasteiger charge is 2.31. The number of nitrogens with zero attached hydrogens (tertiary/aromatic N) is 1. The average Bonchev–Trinajstić information content (AvgIpc) is 2.53. The normalized spacial score (nSPS) is 21.7. The predicted octanol–water partition coefficient (Wildman–Crippen LogP) is 1.62. The lowest BCUT2D eigenvalue weighted by atomic mass is 9.93. The first-order chi connectivity index (χ1) is 10.4. The topological polar surface area (TPSA) is 72.6 Å². The van der Waals surface area contributed by atoms with Gasteiger partial charge in [0.2, 0.25) is 10.0 Å². The van der Waals surface area contributed by atoms with Gasteiger partial charge in [-0.25, -0.2) is 8.42 Å². The molecule has 2 rings (SSSR count). The molecule has 0 saturated carbocycles. The average molecular weight is 326 g/mol. The molecule has 1 aliphatic rings. The van der Waals surface area contributed by atoms with E-state index in [9.17, 15) is 8.42 Å². The van der Waals surface area contributed by atoms with Gasteiger partial charge in [0.15, 0.2) is 0 Å². The smallest absolute Gasteiger partial charge is 0.243 e. The van der Waals surface area contributed by atoms with Gasteiger partial charge in [-0.05, 0) is 49.8 Å². The third-order valence-corrected chi connectivity index (χ3v) is 6.20. The summed E-state index contributed by atoms with van der Waals surface area (Å²) in [6.45, 7) is 3.68. The maximum Gasteiger partial charge on any atom is 0.243 e. The minimum atomic E-state index is -3.42. The first kappa shape index (κ1) is 17.4. The Bertz CT molecular complexity index is 570. The van der Waals surface area contributed by atoms with Gasteiger partial charge in [0.05, 0.1) is 11.5 Å². The zero-order valence-corrected chi connectivity index (χ0v) is 14.2. The zero-order valence-electron chi connectivity index (χ0n) is 13.4. The fraction of sp³-hybridized carbons (Fsp3) is 0.625. The molecule has 1 aromatic carbocycles. The number of ether oxygens (including phenoxy) is 1. The van der Waals surface area contributed by atoms with Gasteiger partial charge in [0, 0.05) is 26.2 Å². The maximum atomic E-state index is 12.7. The van der Waals surface area contributed by atoms with Crippen LogP contribution in [0.25, 0.3) is 0 Å². The van der Waals surface area contributed by atoms with Crippen LogP contribution in [0.15, 0.2) is 29.2 Å². The molecule has 0 bridgehead atoms. The molecule has 2 atom stereocenters. The lowest BCUT2D eigenvalue weighted by Gasteiger charge is -2.33. The zero-order chi connectivity index (χ0) is 16.2. The number of nitrogens with two attached hydrogens (primary N) is 1. The maximum absolute atomic E-state index is 12.7. The van der Waals surface area contributed by atoms with Gasteiger partial charge in [-0.3, -0.25) is 0 Å². The summed E-state index contributed by atoms with van der Waals surface area (Å²) in [5, 5.41) is 0. The number of benzene rings is 1. The minimum absolute atomic E-state index is 0.0226. The molecule has 5 nitrogen and oxygen atoms in total. The Labute approximate surface area is 133 Å². The molecule has 1 saturated heterocycles. The molecule has 2 unspecified atom stereocenters. The van der Waals surface area contributed by atoms with Gasteiger partial charge < -0.3 is 10.5 Å². The van der Waals surface area contributed by atoms with Crippen LogP contribution in [0, 0.1) is 5.92 Å². The molecular weight excluding hydrogens is 300 g/mol. The van der Waals surface area contributed by atoms with Crippen LogP contribution in [0.1, 0.15) is 25.3 Å². The molecule has 1 heterocycles. The lowest BCUT2D eigenvalue weighted by molar-refractivity contribution is 0.202. The van der Waals surface area contributed by atoms with E-state index in [0.717, 1.165) is 24.8 Å². The minimum Gasteiger partial charge on any atom is -0.384 e. The quantitative estimate of drug-likeness (QED) is 0.862. The summed E-state index contributed by atoms with van der Waals surface area (Å²) in [5.74, 6) is 0.240. The third kappa shape index (κ3) is 4.07. The summed E-state index contributed by atoms with van der Waals surface area (Å²) in [5.41, 5.74) is 7.02. The molecule has 0 radical (unpaired) electrons. The summed E-state index contributed by atoms with van der Waals surface area (Å²) in [6.07, 6.45) is 2.66. The van der Waals surface area contributed by atoms with Crippen LogP contribution < -0.4 is 5.73 Å². The van der Waals surface area contributed by atoms with Crippen molar-refractivity contribution in [2.45, 2.75) is 37.1 Å². The Morgan fingerprint density at radius 1 is 1.36 bits per heavy atom. The van der Waals surface area contributed by atoms with Crippen LogP contribution in [-0.2, 0) is 21.2 Å². The highest BCUT2D eigenvalue weighted by Crippen LogP contribution is 2.25. The fourth-order valence-corrected chi connectivity index (χ4v) is 4.35.